The van der Waals surface area contributed by atoms with Crippen LogP contribution in [0.25, 0.3) is 0 Å². The van der Waals surface area contributed by atoms with Crippen molar-refractivity contribution in [1.82, 2.24) is 0 Å². The lowest BCUT2D eigenvalue weighted by atomic mass is 10.0. The van der Waals surface area contributed by atoms with Crippen LogP contribution >= 0.6 is 0 Å². The molecule has 0 aromatic rings. The summed E-state index contributed by atoms with van der Waals surface area (Å²) in [6.45, 7) is 5.36. The molecule has 0 atom stereocenters. The van der Waals surface area contributed by atoms with Gasteiger partial charge in [0, 0.05) is 13.2 Å². The molecule has 0 saturated heterocycles. The summed E-state index contributed by atoms with van der Waals surface area (Å²) in [6.07, 6.45) is 0.804. The minimum absolute atomic E-state index is 0.516. The van der Waals surface area contributed by atoms with Crippen LogP contribution in [0.1, 0.15) is 26.7 Å². The highest BCUT2D eigenvalue weighted by Gasteiger charge is 2.20. The number of amides is 1. The lowest BCUT2D eigenvalue weighted by Gasteiger charge is -2.23. The summed E-state index contributed by atoms with van der Waals surface area (Å²) in [5, 5.41) is 0. The summed E-state index contributed by atoms with van der Waals surface area (Å²) in [7, 11) is 0. The molecule has 0 heterocycles. The van der Waals surface area contributed by atoms with Crippen LogP contribution in [0.15, 0.2) is 0 Å². The molecule has 4 N–H and O–H groups in total. The highest BCUT2D eigenvalue weighted by molar-refractivity contribution is 5.65. The van der Waals surface area contributed by atoms with Gasteiger partial charge in [-0.15, -0.1) is 0 Å². The molecule has 5 heteroatoms. The molecule has 0 aromatic carbocycles. The van der Waals surface area contributed by atoms with E-state index >= 15 is 0 Å². The topological polar surface area (TPSA) is 87.6 Å². The summed E-state index contributed by atoms with van der Waals surface area (Å²) in [5.41, 5.74) is 9.66. The van der Waals surface area contributed by atoms with E-state index in [0.717, 1.165) is 12.8 Å². The van der Waals surface area contributed by atoms with Crippen molar-refractivity contribution in [2.75, 3.05) is 19.8 Å². The van der Waals surface area contributed by atoms with Crippen LogP contribution in [0, 0.1) is 0 Å². The number of ether oxygens (including phenoxy) is 2. The number of carbonyl (C=O) groups excluding carboxylic acids is 1. The van der Waals surface area contributed by atoms with E-state index in [4.69, 9.17) is 20.9 Å². The molecule has 0 unspecified atom stereocenters. The zero-order valence-electron chi connectivity index (χ0n) is 8.91. The average Bonchev–Trinajstić information content (AvgIpc) is 2.01. The summed E-state index contributed by atoms with van der Waals surface area (Å²) in [5.74, 6) is 0. The SMILES string of the molecule is CC(C)(CCCOCCN)OC(N)=O. The molecule has 0 aliphatic rings. The van der Waals surface area contributed by atoms with E-state index in [1.807, 2.05) is 13.8 Å². The molecule has 0 radical (unpaired) electrons. The Morgan fingerprint density at radius 2 is 2.00 bits per heavy atom. The first-order valence-corrected chi connectivity index (χ1v) is 4.74. The molecule has 1 amide bonds. The summed E-state index contributed by atoms with van der Waals surface area (Å²) >= 11 is 0. The van der Waals surface area contributed by atoms with E-state index in [1.165, 1.54) is 0 Å². The van der Waals surface area contributed by atoms with Crippen molar-refractivity contribution in [2.45, 2.75) is 32.3 Å². The lowest BCUT2D eigenvalue weighted by Crippen LogP contribution is -2.31. The average molecular weight is 204 g/mol. The Labute approximate surface area is 84.7 Å². The van der Waals surface area contributed by atoms with Gasteiger partial charge in [-0.1, -0.05) is 0 Å². The molecule has 0 spiro atoms. The third-order valence-electron chi connectivity index (χ3n) is 1.71. The monoisotopic (exact) mass is 204 g/mol. The Morgan fingerprint density at radius 3 is 2.50 bits per heavy atom. The van der Waals surface area contributed by atoms with Gasteiger partial charge in [0.2, 0.25) is 0 Å². The van der Waals surface area contributed by atoms with Crippen molar-refractivity contribution < 1.29 is 14.3 Å². The standard InChI is InChI=1S/C9H20N2O3/c1-9(2,14-8(11)12)4-3-6-13-7-5-10/h3-7,10H2,1-2H3,(H2,11,12). The van der Waals surface area contributed by atoms with Gasteiger partial charge in [-0.3, -0.25) is 0 Å². The minimum Gasteiger partial charge on any atom is -0.444 e. The normalized spacial score (nSPS) is 11.4. The van der Waals surface area contributed by atoms with E-state index < -0.39 is 11.7 Å². The second-order valence-electron chi connectivity index (χ2n) is 3.69. The van der Waals surface area contributed by atoms with Gasteiger partial charge in [0.05, 0.1) is 6.61 Å². The van der Waals surface area contributed by atoms with Crippen molar-refractivity contribution in [3.05, 3.63) is 0 Å². The molecule has 0 saturated carbocycles. The maximum Gasteiger partial charge on any atom is 0.405 e. The van der Waals surface area contributed by atoms with Crippen LogP contribution in [0.4, 0.5) is 4.79 Å². The summed E-state index contributed by atoms with van der Waals surface area (Å²) < 4.78 is 10.1. The number of nitrogens with two attached hydrogens (primary N) is 2. The molecule has 0 aliphatic carbocycles. The quantitative estimate of drug-likeness (QED) is 0.595. The minimum atomic E-state index is -0.738. The molecule has 0 bridgehead atoms. The molecule has 0 aliphatic heterocycles. The maximum atomic E-state index is 10.5. The molecular formula is C9H20N2O3. The zero-order chi connectivity index (χ0) is 11.0. The highest BCUT2D eigenvalue weighted by Crippen LogP contribution is 2.16. The van der Waals surface area contributed by atoms with E-state index in [9.17, 15) is 4.79 Å². The van der Waals surface area contributed by atoms with Gasteiger partial charge in [0.15, 0.2) is 0 Å². The van der Waals surface area contributed by atoms with E-state index in [-0.39, 0.29) is 0 Å². The lowest BCUT2D eigenvalue weighted by molar-refractivity contribution is 0.0292. The van der Waals surface area contributed by atoms with Crippen LogP contribution in [-0.4, -0.2) is 31.5 Å². The van der Waals surface area contributed by atoms with Gasteiger partial charge in [0.25, 0.3) is 0 Å². The Hall–Kier alpha value is -0.810. The van der Waals surface area contributed by atoms with Gasteiger partial charge in [-0.2, -0.15) is 0 Å². The van der Waals surface area contributed by atoms with Gasteiger partial charge in [0.1, 0.15) is 5.60 Å². The van der Waals surface area contributed by atoms with Crippen LogP contribution in [0.3, 0.4) is 0 Å². The molecule has 84 valence electrons. The molecule has 0 rings (SSSR count). The Bertz CT molecular complexity index is 171. The third kappa shape index (κ3) is 7.82. The Kier molecular flexibility index (Phi) is 6.23. The predicted molar refractivity (Wildman–Crippen MR) is 53.9 cm³/mol. The molecule has 0 fully saturated rings. The fourth-order valence-corrected chi connectivity index (χ4v) is 1.11. The largest absolute Gasteiger partial charge is 0.444 e. The van der Waals surface area contributed by atoms with Gasteiger partial charge < -0.3 is 20.9 Å². The molecular weight excluding hydrogens is 184 g/mol. The fourth-order valence-electron chi connectivity index (χ4n) is 1.11. The van der Waals surface area contributed by atoms with Crippen molar-refractivity contribution in [2.24, 2.45) is 11.5 Å². The second-order valence-corrected chi connectivity index (χ2v) is 3.69. The van der Waals surface area contributed by atoms with E-state index in [1.54, 1.807) is 0 Å². The van der Waals surface area contributed by atoms with Crippen molar-refractivity contribution in [3.63, 3.8) is 0 Å². The number of rotatable bonds is 7. The zero-order valence-corrected chi connectivity index (χ0v) is 8.91. The van der Waals surface area contributed by atoms with Crippen LogP contribution in [-0.2, 0) is 9.47 Å². The maximum absolute atomic E-state index is 10.5. The third-order valence-corrected chi connectivity index (χ3v) is 1.71. The van der Waals surface area contributed by atoms with Crippen LogP contribution in [0.5, 0.6) is 0 Å². The number of hydrogen-bond donors (Lipinski definition) is 2. The first-order valence-electron chi connectivity index (χ1n) is 4.74. The molecule has 14 heavy (non-hydrogen) atoms. The molecule has 5 nitrogen and oxygen atoms in total. The Balaban J connectivity index is 3.50. The fraction of sp³-hybridized carbons (Fsp3) is 0.889. The highest BCUT2D eigenvalue weighted by atomic mass is 16.6. The second kappa shape index (κ2) is 6.62. The summed E-state index contributed by atoms with van der Waals surface area (Å²) in [4.78, 5) is 10.5. The first kappa shape index (κ1) is 13.2. The van der Waals surface area contributed by atoms with Gasteiger partial charge in [-0.25, -0.2) is 4.79 Å². The van der Waals surface area contributed by atoms with Crippen molar-refractivity contribution >= 4 is 6.09 Å². The number of primary amides is 1. The number of hydrogen-bond acceptors (Lipinski definition) is 4. The van der Waals surface area contributed by atoms with Crippen LogP contribution in [0.2, 0.25) is 0 Å². The first-order chi connectivity index (χ1) is 6.48. The van der Waals surface area contributed by atoms with Crippen molar-refractivity contribution in [3.8, 4) is 0 Å². The van der Waals surface area contributed by atoms with Gasteiger partial charge in [-0.05, 0) is 26.7 Å². The smallest absolute Gasteiger partial charge is 0.405 e. The van der Waals surface area contributed by atoms with E-state index in [0.29, 0.717) is 19.8 Å². The van der Waals surface area contributed by atoms with Crippen LogP contribution < -0.4 is 11.5 Å². The van der Waals surface area contributed by atoms with E-state index in [2.05, 4.69) is 0 Å². The molecule has 0 aromatic heterocycles. The Morgan fingerprint density at radius 1 is 1.36 bits per heavy atom. The summed E-state index contributed by atoms with van der Waals surface area (Å²) in [6, 6.07) is 0. The predicted octanol–water partition coefficient (Wildman–Crippen LogP) is 0.616. The van der Waals surface area contributed by atoms with Crippen molar-refractivity contribution in [1.29, 1.82) is 0 Å². The van der Waals surface area contributed by atoms with Gasteiger partial charge >= 0.3 is 6.09 Å². The number of carbonyl (C=O) groups is 1.